The quantitative estimate of drug-likeness (QED) is 0.736. The second kappa shape index (κ2) is 8.43. The van der Waals surface area contributed by atoms with E-state index in [1.54, 1.807) is 0 Å². The highest BCUT2D eigenvalue weighted by Gasteiger charge is 2.13. The van der Waals surface area contributed by atoms with Crippen molar-refractivity contribution in [3.05, 3.63) is 29.8 Å². The number of nitrogens with one attached hydrogen (secondary N) is 1. The minimum atomic E-state index is 0.238. The van der Waals surface area contributed by atoms with Gasteiger partial charge in [0.1, 0.15) is 5.75 Å². The van der Waals surface area contributed by atoms with E-state index >= 15 is 0 Å². The summed E-state index contributed by atoms with van der Waals surface area (Å²) in [6, 6.07) is 8.95. The molecule has 0 saturated heterocycles. The number of rotatable bonds is 6. The number of benzene rings is 1. The molecule has 1 unspecified atom stereocenters. The minimum absolute atomic E-state index is 0.238. The van der Waals surface area contributed by atoms with Crippen molar-refractivity contribution >= 4 is 0 Å². The van der Waals surface area contributed by atoms with Crippen LogP contribution in [-0.2, 0) is 0 Å². The fraction of sp³-hybridized carbons (Fsp3) is 0.684. The fourth-order valence-electron chi connectivity index (χ4n) is 3.14. The Morgan fingerprint density at radius 3 is 2.19 bits per heavy atom. The molecule has 1 atom stereocenters. The van der Waals surface area contributed by atoms with Crippen molar-refractivity contribution in [3.8, 4) is 5.75 Å². The van der Waals surface area contributed by atoms with Gasteiger partial charge in [0.2, 0.25) is 0 Å². The summed E-state index contributed by atoms with van der Waals surface area (Å²) in [7, 11) is 0. The lowest BCUT2D eigenvalue weighted by Crippen LogP contribution is -2.25. The predicted octanol–water partition coefficient (Wildman–Crippen LogP) is 5.09. The Kier molecular flexibility index (Phi) is 6.56. The van der Waals surface area contributed by atoms with Gasteiger partial charge in [0.05, 0.1) is 6.10 Å². The van der Waals surface area contributed by atoms with Crippen LogP contribution in [-0.4, -0.2) is 12.6 Å². The first kappa shape index (κ1) is 16.4. The first-order valence-corrected chi connectivity index (χ1v) is 8.65. The Bertz CT molecular complexity index is 391. The lowest BCUT2D eigenvalue weighted by molar-refractivity contribution is 0.242. The van der Waals surface area contributed by atoms with E-state index < -0.39 is 0 Å². The second-order valence-corrected chi connectivity index (χ2v) is 6.72. The van der Waals surface area contributed by atoms with E-state index in [1.807, 2.05) is 0 Å². The number of hydrogen-bond donors (Lipinski definition) is 1. The molecular formula is C19H31NO. The van der Waals surface area contributed by atoms with Gasteiger partial charge in [-0.15, -0.1) is 0 Å². The van der Waals surface area contributed by atoms with Crippen LogP contribution in [0.3, 0.4) is 0 Å². The second-order valence-electron chi connectivity index (χ2n) is 6.72. The smallest absolute Gasteiger partial charge is 0.119 e. The molecule has 2 rings (SSSR count). The third-order valence-electron chi connectivity index (χ3n) is 4.44. The zero-order chi connectivity index (χ0) is 15.1. The van der Waals surface area contributed by atoms with Gasteiger partial charge in [-0.3, -0.25) is 0 Å². The average molecular weight is 289 g/mol. The van der Waals surface area contributed by atoms with Crippen molar-refractivity contribution < 1.29 is 4.74 Å². The molecule has 0 radical (unpaired) electrons. The zero-order valence-electron chi connectivity index (χ0n) is 13.9. The van der Waals surface area contributed by atoms with Crippen LogP contribution < -0.4 is 10.1 Å². The summed E-state index contributed by atoms with van der Waals surface area (Å²) < 4.78 is 5.70. The Morgan fingerprint density at radius 2 is 1.62 bits per heavy atom. The summed E-state index contributed by atoms with van der Waals surface area (Å²) in [5, 5.41) is 3.72. The summed E-state index contributed by atoms with van der Waals surface area (Å²) in [6.07, 6.45) is 8.75. The van der Waals surface area contributed by atoms with E-state index in [4.69, 9.17) is 4.74 Å². The third-order valence-corrected chi connectivity index (χ3v) is 4.44. The summed E-state index contributed by atoms with van der Waals surface area (Å²) >= 11 is 0. The lowest BCUT2D eigenvalue weighted by Gasteiger charge is -2.20. The highest BCUT2D eigenvalue weighted by molar-refractivity contribution is 5.29. The molecule has 1 aliphatic rings. The van der Waals surface area contributed by atoms with E-state index in [9.17, 15) is 0 Å². The van der Waals surface area contributed by atoms with Crippen molar-refractivity contribution in [2.24, 2.45) is 5.92 Å². The van der Waals surface area contributed by atoms with E-state index in [0.717, 1.165) is 18.2 Å². The Hall–Kier alpha value is -1.02. The van der Waals surface area contributed by atoms with Crippen molar-refractivity contribution in [1.29, 1.82) is 0 Å². The van der Waals surface area contributed by atoms with Crippen LogP contribution in [0.5, 0.6) is 5.75 Å². The van der Waals surface area contributed by atoms with E-state index in [0.29, 0.717) is 6.04 Å². The maximum absolute atomic E-state index is 5.70. The summed E-state index contributed by atoms with van der Waals surface area (Å²) in [5.74, 6) is 1.84. The highest BCUT2D eigenvalue weighted by Crippen LogP contribution is 2.24. The fourth-order valence-corrected chi connectivity index (χ4v) is 3.14. The van der Waals surface area contributed by atoms with E-state index in [1.165, 1.54) is 44.1 Å². The van der Waals surface area contributed by atoms with Crippen LogP contribution in [0.15, 0.2) is 24.3 Å². The third kappa shape index (κ3) is 5.70. The topological polar surface area (TPSA) is 21.3 Å². The molecule has 1 N–H and O–H groups in total. The first-order chi connectivity index (χ1) is 10.1. The molecule has 0 amide bonds. The highest BCUT2D eigenvalue weighted by atomic mass is 16.5. The molecule has 0 aliphatic heterocycles. The normalized spacial score (nSPS) is 18.5. The Labute approximate surface area is 130 Å². The summed E-state index contributed by atoms with van der Waals surface area (Å²) in [5.41, 5.74) is 1.35. The van der Waals surface area contributed by atoms with Gasteiger partial charge in [0.15, 0.2) is 0 Å². The molecular weight excluding hydrogens is 258 g/mol. The standard InChI is InChI=1S/C19H31NO/c1-15(2)21-19-12-10-18(11-13-19)16(3)20-14-17-8-6-4-5-7-9-17/h10-13,15-17,20H,4-9,14H2,1-3H3. The SMILES string of the molecule is CC(C)Oc1ccc(C(C)NCC2CCCCCC2)cc1. The van der Waals surface area contributed by atoms with Crippen LogP contribution in [0, 0.1) is 5.92 Å². The van der Waals surface area contributed by atoms with Crippen LogP contribution in [0.4, 0.5) is 0 Å². The van der Waals surface area contributed by atoms with Gasteiger partial charge in [-0.1, -0.05) is 37.8 Å². The minimum Gasteiger partial charge on any atom is -0.491 e. The van der Waals surface area contributed by atoms with Crippen LogP contribution in [0.1, 0.15) is 70.9 Å². The van der Waals surface area contributed by atoms with Crippen molar-refractivity contribution in [3.63, 3.8) is 0 Å². The molecule has 1 aliphatic carbocycles. The molecule has 0 bridgehead atoms. The van der Waals surface area contributed by atoms with Crippen molar-refractivity contribution in [1.82, 2.24) is 5.32 Å². The molecule has 2 heteroatoms. The summed E-state index contributed by atoms with van der Waals surface area (Å²) in [6.45, 7) is 7.54. The predicted molar refractivity (Wildman–Crippen MR) is 89.8 cm³/mol. The summed E-state index contributed by atoms with van der Waals surface area (Å²) in [4.78, 5) is 0. The molecule has 1 saturated carbocycles. The van der Waals surface area contributed by atoms with Crippen LogP contribution >= 0.6 is 0 Å². The first-order valence-electron chi connectivity index (χ1n) is 8.65. The molecule has 118 valence electrons. The maximum Gasteiger partial charge on any atom is 0.119 e. The van der Waals surface area contributed by atoms with E-state index in [2.05, 4.69) is 50.4 Å². The Morgan fingerprint density at radius 1 is 1.00 bits per heavy atom. The molecule has 21 heavy (non-hydrogen) atoms. The largest absolute Gasteiger partial charge is 0.491 e. The van der Waals surface area contributed by atoms with Gasteiger partial charge in [-0.2, -0.15) is 0 Å². The molecule has 1 aromatic rings. The van der Waals surface area contributed by atoms with E-state index in [-0.39, 0.29) is 6.10 Å². The molecule has 0 aromatic heterocycles. The monoisotopic (exact) mass is 289 g/mol. The van der Waals surface area contributed by atoms with Crippen molar-refractivity contribution in [2.45, 2.75) is 71.4 Å². The maximum atomic E-state index is 5.70. The lowest BCUT2D eigenvalue weighted by atomic mass is 9.99. The number of ether oxygens (including phenoxy) is 1. The number of hydrogen-bond acceptors (Lipinski definition) is 2. The van der Waals surface area contributed by atoms with Gasteiger partial charge in [-0.25, -0.2) is 0 Å². The molecule has 0 spiro atoms. The molecule has 0 heterocycles. The average Bonchev–Trinajstić information content (AvgIpc) is 2.73. The van der Waals surface area contributed by atoms with Gasteiger partial charge < -0.3 is 10.1 Å². The van der Waals surface area contributed by atoms with Crippen LogP contribution in [0.25, 0.3) is 0 Å². The molecule has 1 aromatic carbocycles. The Balaban J connectivity index is 1.80. The van der Waals surface area contributed by atoms with Crippen LogP contribution in [0.2, 0.25) is 0 Å². The zero-order valence-corrected chi connectivity index (χ0v) is 13.9. The van der Waals surface area contributed by atoms with Gasteiger partial charge in [-0.05, 0) is 63.8 Å². The molecule has 1 fully saturated rings. The van der Waals surface area contributed by atoms with Crippen molar-refractivity contribution in [2.75, 3.05) is 6.54 Å². The van der Waals surface area contributed by atoms with Gasteiger partial charge in [0, 0.05) is 6.04 Å². The van der Waals surface area contributed by atoms with Gasteiger partial charge >= 0.3 is 0 Å². The van der Waals surface area contributed by atoms with Gasteiger partial charge in [0.25, 0.3) is 0 Å². The molecule has 2 nitrogen and oxygen atoms in total.